The maximum Gasteiger partial charge on any atom is 0.389 e. The molecule has 4 rings (SSSR count). The van der Waals surface area contributed by atoms with Crippen LogP contribution >= 0.6 is 0 Å². The van der Waals surface area contributed by atoms with Crippen LogP contribution in [0.15, 0.2) is 0 Å². The van der Waals surface area contributed by atoms with E-state index in [1.165, 1.54) is 6.92 Å². The summed E-state index contributed by atoms with van der Waals surface area (Å²) in [5.74, 6) is 1.66. The van der Waals surface area contributed by atoms with Crippen LogP contribution in [-0.2, 0) is 14.3 Å². The van der Waals surface area contributed by atoms with Gasteiger partial charge in [-0.1, -0.05) is 13.8 Å². The lowest BCUT2D eigenvalue weighted by atomic mass is 9.44. The van der Waals surface area contributed by atoms with Gasteiger partial charge in [-0.25, -0.2) is 0 Å². The molecule has 0 unspecified atom stereocenters. The van der Waals surface area contributed by atoms with E-state index in [1.807, 2.05) is 0 Å². The van der Waals surface area contributed by atoms with Gasteiger partial charge in [0.2, 0.25) is 0 Å². The van der Waals surface area contributed by atoms with E-state index >= 15 is 0 Å². The van der Waals surface area contributed by atoms with Crippen molar-refractivity contribution in [3.05, 3.63) is 0 Å². The van der Waals surface area contributed by atoms with E-state index in [2.05, 4.69) is 13.8 Å². The first kappa shape index (κ1) is 23.1. The molecule has 31 heavy (non-hydrogen) atoms. The number of esters is 1. The van der Waals surface area contributed by atoms with Gasteiger partial charge in [0.05, 0.1) is 6.42 Å². The smallest absolute Gasteiger partial charge is 0.389 e. The second kappa shape index (κ2) is 8.06. The molecule has 3 nitrogen and oxygen atoms in total. The van der Waals surface area contributed by atoms with Crippen molar-refractivity contribution >= 4 is 11.8 Å². The average molecular weight is 443 g/mol. The van der Waals surface area contributed by atoms with Gasteiger partial charge in [-0.15, -0.1) is 0 Å². The van der Waals surface area contributed by atoms with E-state index in [0.717, 1.165) is 57.8 Å². The van der Waals surface area contributed by atoms with E-state index in [0.29, 0.717) is 23.7 Å². The molecule has 0 aliphatic heterocycles. The van der Waals surface area contributed by atoms with E-state index in [4.69, 9.17) is 4.74 Å². The van der Waals surface area contributed by atoms with E-state index < -0.39 is 12.6 Å². The number of ketones is 1. The molecule has 0 radical (unpaired) electrons. The van der Waals surface area contributed by atoms with Crippen LogP contribution in [0.4, 0.5) is 13.2 Å². The van der Waals surface area contributed by atoms with Gasteiger partial charge in [0.15, 0.2) is 0 Å². The zero-order valence-corrected chi connectivity index (χ0v) is 19.1. The summed E-state index contributed by atoms with van der Waals surface area (Å²) >= 11 is 0. The zero-order valence-electron chi connectivity index (χ0n) is 19.1. The summed E-state index contributed by atoms with van der Waals surface area (Å²) in [5.41, 5.74) is 0.112. The maximum atomic E-state index is 12.8. The van der Waals surface area contributed by atoms with Crippen LogP contribution in [0.3, 0.4) is 0 Å². The molecule has 6 heteroatoms. The number of hydrogen-bond acceptors (Lipinski definition) is 3. The fourth-order valence-electron chi connectivity index (χ4n) is 8.53. The lowest BCUT2D eigenvalue weighted by molar-refractivity contribution is -0.161. The predicted molar refractivity (Wildman–Crippen MR) is 111 cm³/mol. The molecule has 0 amide bonds. The molecule has 176 valence electrons. The highest BCUT2D eigenvalue weighted by Crippen LogP contribution is 2.67. The minimum absolute atomic E-state index is 0.0445. The molecule has 4 saturated carbocycles. The third-order valence-corrected chi connectivity index (χ3v) is 9.99. The van der Waals surface area contributed by atoms with Crippen molar-refractivity contribution in [1.82, 2.24) is 0 Å². The molecule has 0 saturated heterocycles. The van der Waals surface area contributed by atoms with Gasteiger partial charge in [-0.05, 0) is 92.3 Å². The summed E-state index contributed by atoms with van der Waals surface area (Å²) in [6.07, 6.45) is 3.45. The molecule has 0 aromatic heterocycles. The molecule has 0 N–H and O–H groups in total. The molecule has 0 spiro atoms. The summed E-state index contributed by atoms with van der Waals surface area (Å²) < 4.78 is 43.5. The van der Waals surface area contributed by atoms with Crippen LogP contribution in [-0.4, -0.2) is 24.0 Å². The van der Waals surface area contributed by atoms with Crippen molar-refractivity contribution in [1.29, 1.82) is 0 Å². The number of halogens is 3. The number of ether oxygens (including phenoxy) is 1. The number of carbonyl (C=O) groups excluding carboxylic acids is 2. The van der Waals surface area contributed by atoms with E-state index in [-0.39, 0.29) is 41.0 Å². The monoisotopic (exact) mass is 442 g/mol. The number of hydrogen-bond donors (Lipinski definition) is 0. The zero-order chi connectivity index (χ0) is 22.6. The van der Waals surface area contributed by atoms with Gasteiger partial charge in [-0.2, -0.15) is 13.2 Å². The molecule has 8 atom stereocenters. The van der Waals surface area contributed by atoms with Crippen LogP contribution in [0.2, 0.25) is 0 Å². The van der Waals surface area contributed by atoms with Crippen LogP contribution in [0.1, 0.15) is 91.4 Å². The fraction of sp³-hybridized carbons (Fsp3) is 0.920. The lowest BCUT2D eigenvalue weighted by Gasteiger charge is -2.61. The highest BCUT2D eigenvalue weighted by atomic mass is 19.4. The molecule has 0 aromatic rings. The van der Waals surface area contributed by atoms with Crippen LogP contribution in [0, 0.1) is 40.4 Å². The van der Waals surface area contributed by atoms with Gasteiger partial charge in [0, 0.05) is 19.3 Å². The molecule has 4 aliphatic rings. The minimum atomic E-state index is -4.26. The first-order valence-electron chi connectivity index (χ1n) is 12.2. The number of alkyl halides is 3. The van der Waals surface area contributed by atoms with E-state index in [1.54, 1.807) is 0 Å². The third-order valence-electron chi connectivity index (χ3n) is 9.99. The molecular formula is C25H37F3O3. The van der Waals surface area contributed by atoms with Gasteiger partial charge >= 0.3 is 12.1 Å². The van der Waals surface area contributed by atoms with Gasteiger partial charge in [0.25, 0.3) is 0 Å². The van der Waals surface area contributed by atoms with Crippen LogP contribution in [0.5, 0.6) is 0 Å². The Morgan fingerprint density at radius 2 is 1.61 bits per heavy atom. The van der Waals surface area contributed by atoms with Gasteiger partial charge in [-0.3, -0.25) is 9.59 Å². The Morgan fingerprint density at radius 1 is 0.935 bits per heavy atom. The lowest BCUT2D eigenvalue weighted by Crippen LogP contribution is -2.54. The fourth-order valence-corrected chi connectivity index (χ4v) is 8.53. The van der Waals surface area contributed by atoms with E-state index in [9.17, 15) is 22.8 Å². The SMILES string of the molecule is CC(=O)O[C@H]1CC[C@@]2(C)[C@H](CC[C@@H]3[C@@H]2CC[C@]2(C)[C@@H](C(=O)CCC(F)(F)F)CC[C@@H]32)C1. The van der Waals surface area contributed by atoms with Gasteiger partial charge < -0.3 is 4.74 Å². The standard InChI is InChI=1S/C25H37F3O3/c1-15(29)31-17-8-11-23(2)16(14-17)4-5-18-19-6-7-21(22(30)10-13-25(26,27)28)24(19,3)12-9-20(18)23/h16-21H,4-14H2,1-3H3/t16-,17+,18+,19+,20+,21-,23+,24+/m1/s1. The van der Waals surface area contributed by atoms with Crippen molar-refractivity contribution in [2.45, 2.75) is 104 Å². The predicted octanol–water partition coefficient (Wildman–Crippen LogP) is 6.49. The second-order valence-electron chi connectivity index (χ2n) is 11.4. The van der Waals surface area contributed by atoms with Crippen molar-refractivity contribution in [3.8, 4) is 0 Å². The summed E-state index contributed by atoms with van der Waals surface area (Å²) in [7, 11) is 0. The molecule has 4 fully saturated rings. The Kier molecular flexibility index (Phi) is 6.00. The quantitative estimate of drug-likeness (QED) is 0.468. The number of carbonyl (C=O) groups is 2. The first-order chi connectivity index (χ1) is 14.4. The Bertz CT molecular complexity index is 719. The summed E-state index contributed by atoms with van der Waals surface area (Å²) in [5, 5.41) is 0. The molecular weight excluding hydrogens is 405 g/mol. The largest absolute Gasteiger partial charge is 0.463 e. The third kappa shape index (κ3) is 4.17. The van der Waals surface area contributed by atoms with Crippen molar-refractivity contribution < 1.29 is 27.5 Å². The van der Waals surface area contributed by atoms with Crippen molar-refractivity contribution in [3.63, 3.8) is 0 Å². The maximum absolute atomic E-state index is 12.8. The molecule has 0 bridgehead atoms. The molecule has 0 aromatic carbocycles. The minimum Gasteiger partial charge on any atom is -0.463 e. The Hall–Kier alpha value is -1.07. The van der Waals surface area contributed by atoms with Crippen molar-refractivity contribution in [2.75, 3.05) is 0 Å². The normalized spacial score (nSPS) is 44.7. The highest BCUT2D eigenvalue weighted by molar-refractivity contribution is 5.82. The first-order valence-corrected chi connectivity index (χ1v) is 12.2. The molecule has 0 heterocycles. The summed E-state index contributed by atoms with van der Waals surface area (Å²) in [4.78, 5) is 24.2. The Morgan fingerprint density at radius 3 is 2.29 bits per heavy atom. The van der Waals surface area contributed by atoms with Crippen LogP contribution < -0.4 is 0 Å². The number of fused-ring (bicyclic) bond motifs is 5. The highest BCUT2D eigenvalue weighted by Gasteiger charge is 2.61. The average Bonchev–Trinajstić information content (AvgIpc) is 3.03. The molecule has 4 aliphatic carbocycles. The number of Topliss-reactive ketones (excluding diaryl/α,β-unsaturated/α-hetero) is 1. The van der Waals surface area contributed by atoms with Crippen molar-refractivity contribution in [2.24, 2.45) is 40.4 Å². The topological polar surface area (TPSA) is 43.4 Å². The second-order valence-corrected chi connectivity index (χ2v) is 11.4. The number of rotatable bonds is 4. The summed E-state index contributed by atoms with van der Waals surface area (Å²) in [6.45, 7) is 6.12. The van der Waals surface area contributed by atoms with Crippen LogP contribution in [0.25, 0.3) is 0 Å². The Labute approximate surface area is 183 Å². The van der Waals surface area contributed by atoms with Gasteiger partial charge in [0.1, 0.15) is 11.9 Å². The Balaban J connectivity index is 1.46. The summed E-state index contributed by atoms with van der Waals surface area (Å²) in [6, 6.07) is 0.